The fourth-order valence-corrected chi connectivity index (χ4v) is 2.71. The van der Waals surface area contributed by atoms with Crippen molar-refractivity contribution < 1.29 is 9.13 Å². The minimum atomic E-state index is -0.313. The molecule has 0 spiro atoms. The summed E-state index contributed by atoms with van der Waals surface area (Å²) in [6, 6.07) is 5.44. The molecule has 3 nitrogen and oxygen atoms in total. The fraction of sp³-hybridized carbons (Fsp3) is 0.571. The molecule has 0 aromatic heterocycles. The number of halogens is 2. The largest absolute Gasteiger partial charge is 0.494 e. The molecule has 1 fully saturated rings. The van der Waals surface area contributed by atoms with Gasteiger partial charge in [-0.1, -0.05) is 6.07 Å². The second kappa shape index (κ2) is 7.08. The Kier molecular flexibility index (Phi) is 5.43. The van der Waals surface area contributed by atoms with Gasteiger partial charge >= 0.3 is 0 Å². The van der Waals surface area contributed by atoms with Crippen molar-refractivity contribution in [1.29, 1.82) is 0 Å². The van der Waals surface area contributed by atoms with Crippen LogP contribution in [0.1, 0.15) is 5.56 Å². The Morgan fingerprint density at radius 1 is 1.53 bits per heavy atom. The van der Waals surface area contributed by atoms with E-state index in [0.29, 0.717) is 17.7 Å². The van der Waals surface area contributed by atoms with Crippen LogP contribution in [0.3, 0.4) is 0 Å². The average molecular weight is 287 g/mol. The monoisotopic (exact) mass is 286 g/mol. The van der Waals surface area contributed by atoms with Crippen molar-refractivity contribution in [2.24, 2.45) is 0 Å². The summed E-state index contributed by atoms with van der Waals surface area (Å²) in [4.78, 5) is 2.36. The van der Waals surface area contributed by atoms with E-state index in [1.807, 2.05) is 6.07 Å². The lowest BCUT2D eigenvalue weighted by atomic mass is 10.0. The molecule has 0 bridgehead atoms. The van der Waals surface area contributed by atoms with Gasteiger partial charge in [0.15, 0.2) is 11.6 Å². The van der Waals surface area contributed by atoms with Crippen LogP contribution in [0.15, 0.2) is 18.2 Å². The molecule has 2 rings (SSSR count). The molecule has 1 unspecified atom stereocenters. The number of ether oxygens (including phenoxy) is 1. The first-order valence-corrected chi connectivity index (χ1v) is 7.10. The van der Waals surface area contributed by atoms with Gasteiger partial charge in [-0.25, -0.2) is 4.39 Å². The van der Waals surface area contributed by atoms with E-state index >= 15 is 0 Å². The molecular formula is C14H20ClFN2O. The van der Waals surface area contributed by atoms with E-state index in [2.05, 4.69) is 10.2 Å². The summed E-state index contributed by atoms with van der Waals surface area (Å²) >= 11 is 5.78. The van der Waals surface area contributed by atoms with E-state index in [1.165, 1.54) is 13.2 Å². The summed E-state index contributed by atoms with van der Waals surface area (Å²) in [5.74, 6) is 0.662. The van der Waals surface area contributed by atoms with Crippen LogP contribution in [-0.2, 0) is 6.42 Å². The Morgan fingerprint density at radius 3 is 3.11 bits per heavy atom. The van der Waals surface area contributed by atoms with Gasteiger partial charge in [0, 0.05) is 38.1 Å². The maximum atomic E-state index is 13.3. The van der Waals surface area contributed by atoms with Gasteiger partial charge in [-0.3, -0.25) is 4.90 Å². The molecule has 0 aliphatic carbocycles. The lowest BCUT2D eigenvalue weighted by Gasteiger charge is -2.33. The topological polar surface area (TPSA) is 24.5 Å². The predicted octanol–water partition coefficient (Wildman–Crippen LogP) is 1.89. The Balaban J connectivity index is 1.96. The number of methoxy groups -OCH3 is 1. The molecule has 1 atom stereocenters. The van der Waals surface area contributed by atoms with Gasteiger partial charge in [0.25, 0.3) is 0 Å². The van der Waals surface area contributed by atoms with Gasteiger partial charge in [-0.2, -0.15) is 0 Å². The smallest absolute Gasteiger partial charge is 0.165 e. The third kappa shape index (κ3) is 4.06. The zero-order valence-electron chi connectivity index (χ0n) is 11.2. The molecule has 1 N–H and O–H groups in total. The first kappa shape index (κ1) is 14.6. The third-order valence-electron chi connectivity index (χ3n) is 3.44. The molecular weight excluding hydrogens is 267 g/mol. The summed E-state index contributed by atoms with van der Waals surface area (Å²) in [5.41, 5.74) is 1.09. The zero-order valence-corrected chi connectivity index (χ0v) is 11.9. The van der Waals surface area contributed by atoms with Gasteiger partial charge in [-0.15, -0.1) is 11.6 Å². The summed E-state index contributed by atoms with van der Waals surface area (Å²) in [6.07, 6.45) is 0.870. The Morgan fingerprint density at radius 2 is 2.37 bits per heavy atom. The molecule has 0 amide bonds. The molecule has 1 aromatic rings. The van der Waals surface area contributed by atoms with Crippen molar-refractivity contribution in [1.82, 2.24) is 10.2 Å². The number of rotatable bonds is 5. The van der Waals surface area contributed by atoms with E-state index in [1.54, 1.807) is 6.07 Å². The first-order chi connectivity index (χ1) is 9.22. The molecule has 1 saturated heterocycles. The second-order valence-corrected chi connectivity index (χ2v) is 5.19. The summed E-state index contributed by atoms with van der Waals surface area (Å²) in [5, 5.41) is 3.49. The highest BCUT2D eigenvalue weighted by Crippen LogP contribution is 2.19. The van der Waals surface area contributed by atoms with Gasteiger partial charge in [0.05, 0.1) is 7.11 Å². The van der Waals surface area contributed by atoms with Crippen molar-refractivity contribution in [3.63, 3.8) is 0 Å². The van der Waals surface area contributed by atoms with Gasteiger partial charge in [0.2, 0.25) is 0 Å². The molecule has 19 heavy (non-hydrogen) atoms. The van der Waals surface area contributed by atoms with E-state index in [9.17, 15) is 4.39 Å². The molecule has 1 aliphatic heterocycles. The highest BCUT2D eigenvalue weighted by atomic mass is 35.5. The van der Waals surface area contributed by atoms with E-state index in [4.69, 9.17) is 16.3 Å². The molecule has 0 saturated carbocycles. The van der Waals surface area contributed by atoms with Gasteiger partial charge in [0.1, 0.15) is 0 Å². The number of nitrogens with zero attached hydrogens (tertiary/aromatic N) is 1. The van der Waals surface area contributed by atoms with Crippen molar-refractivity contribution >= 4 is 11.6 Å². The minimum Gasteiger partial charge on any atom is -0.494 e. The molecule has 0 radical (unpaired) electrons. The van der Waals surface area contributed by atoms with E-state index in [0.717, 1.165) is 38.2 Å². The van der Waals surface area contributed by atoms with E-state index in [-0.39, 0.29) is 5.82 Å². The van der Waals surface area contributed by atoms with E-state index < -0.39 is 0 Å². The SMILES string of the molecule is COc1cc(CC2CN(CCCl)CCN2)ccc1F. The number of hydrogen-bond acceptors (Lipinski definition) is 3. The molecule has 1 aliphatic rings. The zero-order chi connectivity index (χ0) is 13.7. The lowest BCUT2D eigenvalue weighted by Crippen LogP contribution is -2.51. The normalized spacial score (nSPS) is 20.5. The van der Waals surface area contributed by atoms with Crippen LogP contribution in [0, 0.1) is 5.82 Å². The summed E-state index contributed by atoms with van der Waals surface area (Å²) < 4.78 is 18.4. The number of nitrogens with one attached hydrogen (secondary N) is 1. The molecule has 106 valence electrons. The van der Waals surface area contributed by atoms with Crippen LogP contribution >= 0.6 is 11.6 Å². The number of piperazine rings is 1. The van der Waals surface area contributed by atoms with Crippen molar-refractivity contribution in [3.05, 3.63) is 29.6 Å². The predicted molar refractivity (Wildman–Crippen MR) is 75.6 cm³/mol. The minimum absolute atomic E-state index is 0.311. The van der Waals surface area contributed by atoms with Crippen LogP contribution in [0.4, 0.5) is 4.39 Å². The molecule has 5 heteroatoms. The molecule has 1 heterocycles. The second-order valence-electron chi connectivity index (χ2n) is 4.81. The first-order valence-electron chi connectivity index (χ1n) is 6.57. The standard InChI is InChI=1S/C14H20ClFN2O/c1-19-14-9-11(2-3-13(14)16)8-12-10-18(6-4-15)7-5-17-12/h2-3,9,12,17H,4-8,10H2,1H3. The highest BCUT2D eigenvalue weighted by Gasteiger charge is 2.19. The average Bonchev–Trinajstić information content (AvgIpc) is 2.42. The van der Waals surface area contributed by atoms with Crippen LogP contribution in [-0.4, -0.2) is 50.1 Å². The Bertz CT molecular complexity index is 414. The van der Waals surface area contributed by atoms with Gasteiger partial charge in [-0.05, 0) is 24.1 Å². The maximum Gasteiger partial charge on any atom is 0.165 e. The third-order valence-corrected chi connectivity index (χ3v) is 3.61. The Hall–Kier alpha value is -0.840. The summed E-state index contributed by atoms with van der Waals surface area (Å²) in [6.45, 7) is 3.91. The van der Waals surface area contributed by atoms with Crippen LogP contribution < -0.4 is 10.1 Å². The highest BCUT2D eigenvalue weighted by molar-refractivity contribution is 6.18. The van der Waals surface area contributed by atoms with Crippen LogP contribution in [0.5, 0.6) is 5.75 Å². The molecule has 1 aromatic carbocycles. The van der Waals surface area contributed by atoms with Crippen LogP contribution in [0.25, 0.3) is 0 Å². The fourth-order valence-electron chi connectivity index (χ4n) is 2.47. The van der Waals surface area contributed by atoms with Gasteiger partial charge < -0.3 is 10.1 Å². The lowest BCUT2D eigenvalue weighted by molar-refractivity contribution is 0.209. The van der Waals surface area contributed by atoms with Crippen LogP contribution in [0.2, 0.25) is 0 Å². The quantitative estimate of drug-likeness (QED) is 0.837. The maximum absolute atomic E-state index is 13.3. The summed E-state index contributed by atoms with van der Waals surface area (Å²) in [7, 11) is 1.49. The van der Waals surface area contributed by atoms with Crippen molar-refractivity contribution in [2.45, 2.75) is 12.5 Å². The van der Waals surface area contributed by atoms with Crippen molar-refractivity contribution in [2.75, 3.05) is 39.2 Å². The number of hydrogen-bond donors (Lipinski definition) is 1. The Labute approximate surface area is 118 Å². The van der Waals surface area contributed by atoms with Crippen molar-refractivity contribution in [3.8, 4) is 5.75 Å². The number of alkyl halides is 1. The number of benzene rings is 1.